The van der Waals surface area contributed by atoms with Crippen LogP contribution < -0.4 is 87.6 Å². The third-order valence-corrected chi connectivity index (χ3v) is 19.0. The number of carboxylic acids is 1. The number of carbonyl (C=O) groups is 13. The molecule has 2 aromatic rings. The van der Waals surface area contributed by atoms with Crippen LogP contribution in [0.2, 0.25) is 0 Å². The number of hydrogen-bond acceptors (Lipinski definition) is 21. The average molecular weight is 1350 g/mol. The van der Waals surface area contributed by atoms with E-state index in [0.717, 1.165) is 48.1 Å². The van der Waals surface area contributed by atoms with Crippen LogP contribution in [0.25, 0.3) is 10.9 Å². The first-order valence-corrected chi connectivity index (χ1v) is 33.6. The molecule has 3 aliphatic heterocycles. The largest absolute Gasteiger partial charge is 0.481 e. The fraction of sp³-hybridized carbons (Fsp3) is 0.558. The zero-order valence-electron chi connectivity index (χ0n) is 49.4. The molecule has 25 N–H and O–H groups in total. The van der Waals surface area contributed by atoms with E-state index in [2.05, 4.69) is 68.1 Å². The Hall–Kier alpha value is -8.27. The minimum Gasteiger partial charge on any atom is -0.481 e. The summed E-state index contributed by atoms with van der Waals surface area (Å²) in [7, 11) is 3.46. The van der Waals surface area contributed by atoms with Gasteiger partial charge in [-0.2, -0.15) is 0 Å². The van der Waals surface area contributed by atoms with E-state index in [0.29, 0.717) is 16.5 Å². The van der Waals surface area contributed by atoms with E-state index in [9.17, 15) is 72.5 Å². The highest BCUT2D eigenvalue weighted by molar-refractivity contribution is 8.77. The van der Waals surface area contributed by atoms with Gasteiger partial charge in [0.05, 0.1) is 19.6 Å². The van der Waals surface area contributed by atoms with Gasteiger partial charge >= 0.3 is 5.97 Å². The van der Waals surface area contributed by atoms with Crippen LogP contribution in [0.1, 0.15) is 57.4 Å². The second-order valence-electron chi connectivity index (χ2n) is 21.0. The number of nitrogens with two attached hydrogens (primary N) is 6. The molecule has 39 heteroatoms. The number of benzene rings is 1. The molecule has 1 aromatic carbocycles. The topological polar surface area (TPSA) is 583 Å². The number of guanidine groups is 2. The molecule has 0 radical (unpaired) electrons. The summed E-state index contributed by atoms with van der Waals surface area (Å²) < 4.78 is 0. The standard InChI is InChI=1S/C52H78N20O15S4/c1-24-41(78)66-30(15-25-18-61-27-8-3-2-7-26(25)27)44(81)64-28(9-4-12-59-51(55)56)42(79)69-33(40(54)77)20-88-90-23-36-48(85)68-32(19-73)45(82)67-31(16-39(75)76)50(87)72-14-6-11-37(72)49(86)65-29(10-5-13-60-52(57)58)43(80)70-35(46(83)62-24)22-91-89-21-34(47(84)71-36)63-38(74)17-53/h2-3,7-8,18,24,28-37,61,73H,4-6,9-17,19-23,53H2,1H3,(H2,54,77)(H,62,83)(H,63,74)(H,64,81)(H,65,86)(H,66,78)(H,67,82)(H,68,85)(H,69,79)(H,70,80)(H,71,84)(H,75,76)(H4,55,56,59)(H4,57,58,60). The molecule has 12 amide bonds. The number of aliphatic carboxylic acids is 1. The lowest BCUT2D eigenvalue weighted by molar-refractivity contribution is -0.146. The smallest absolute Gasteiger partial charge is 0.305 e. The molecule has 11 unspecified atom stereocenters. The summed E-state index contributed by atoms with van der Waals surface area (Å²) in [4.78, 5) is 194. The van der Waals surface area contributed by atoms with Crippen molar-refractivity contribution >= 4 is 143 Å². The average Bonchev–Trinajstić information content (AvgIpc) is 1.86. The lowest BCUT2D eigenvalue weighted by Gasteiger charge is -2.30. The zero-order chi connectivity index (χ0) is 66.9. The van der Waals surface area contributed by atoms with Crippen LogP contribution in [0.15, 0.2) is 40.4 Å². The van der Waals surface area contributed by atoms with Crippen LogP contribution in [0.3, 0.4) is 0 Å². The molecule has 0 spiro atoms. The van der Waals surface area contributed by atoms with Gasteiger partial charge in [-0.1, -0.05) is 61.4 Å². The molecule has 5 rings (SSSR count). The minimum absolute atomic E-state index is 0.0125. The van der Waals surface area contributed by atoms with E-state index < -0.39 is 169 Å². The van der Waals surface area contributed by atoms with Crippen molar-refractivity contribution in [3.05, 3.63) is 36.0 Å². The molecule has 3 fully saturated rings. The molecule has 3 aliphatic rings. The SMILES string of the molecule is CC1NC(=O)C2CSSCC(NC(=O)CN)C(=O)NC(CSSCC(C(N)=O)NC(=O)C(CCCN=C(N)N)NC(=O)C(Cc3c[nH]c4ccccc34)NC1=O)C(=O)NC(CO)C(=O)NC(CC(=O)O)C(=O)N1CCCC1C(=O)NC(CCCN=C(N)N)C(=O)N2. The van der Waals surface area contributed by atoms with E-state index in [1.165, 1.54) is 6.92 Å². The van der Waals surface area contributed by atoms with Gasteiger partial charge in [0.1, 0.15) is 66.5 Å². The molecule has 0 saturated carbocycles. The highest BCUT2D eigenvalue weighted by Gasteiger charge is 2.42. The van der Waals surface area contributed by atoms with Crippen molar-refractivity contribution in [3.8, 4) is 0 Å². The molecule has 35 nitrogen and oxygen atoms in total. The maximum atomic E-state index is 14.7. The molecule has 1 aromatic heterocycles. The Morgan fingerprint density at radius 3 is 1.76 bits per heavy atom. The second-order valence-corrected chi connectivity index (χ2v) is 26.1. The number of hydrogen-bond donors (Lipinski definition) is 19. The molecule has 4 heterocycles. The molecule has 500 valence electrons. The van der Waals surface area contributed by atoms with Gasteiger partial charge in [-0.15, -0.1) is 0 Å². The highest BCUT2D eigenvalue weighted by Crippen LogP contribution is 2.27. The summed E-state index contributed by atoms with van der Waals surface area (Å²) >= 11 is 0. The number of rotatable bonds is 16. The summed E-state index contributed by atoms with van der Waals surface area (Å²) in [6.07, 6.45) is 0.298. The van der Waals surface area contributed by atoms with Crippen LogP contribution in [0.4, 0.5) is 0 Å². The van der Waals surface area contributed by atoms with Crippen molar-refractivity contribution in [2.75, 3.05) is 55.8 Å². The van der Waals surface area contributed by atoms with E-state index in [4.69, 9.17) is 34.4 Å². The van der Waals surface area contributed by atoms with Crippen molar-refractivity contribution in [1.82, 2.24) is 63.1 Å². The first kappa shape index (κ1) is 73.5. The van der Waals surface area contributed by atoms with Gasteiger partial charge in [0.15, 0.2) is 11.9 Å². The Bertz CT molecular complexity index is 3040. The number of aromatic amines is 1. The molecular formula is C52H78N20O15S4. The fourth-order valence-electron chi connectivity index (χ4n) is 9.39. The van der Waals surface area contributed by atoms with Crippen molar-refractivity contribution in [3.63, 3.8) is 0 Å². The molecular weight excluding hydrogens is 1270 g/mol. The maximum Gasteiger partial charge on any atom is 0.305 e. The molecule has 0 aliphatic carbocycles. The monoisotopic (exact) mass is 1350 g/mol. The van der Waals surface area contributed by atoms with E-state index in [1.807, 2.05) is 0 Å². The number of carbonyl (C=O) groups excluding carboxylic acids is 12. The van der Waals surface area contributed by atoms with Crippen LogP contribution in [-0.4, -0.2) is 231 Å². The Balaban J connectivity index is 1.66. The lowest BCUT2D eigenvalue weighted by Crippen LogP contribution is -2.61. The van der Waals surface area contributed by atoms with E-state index >= 15 is 0 Å². The van der Waals surface area contributed by atoms with E-state index in [1.54, 1.807) is 30.5 Å². The number of H-pyrrole nitrogens is 1. The van der Waals surface area contributed by atoms with Crippen molar-refractivity contribution in [1.29, 1.82) is 0 Å². The summed E-state index contributed by atoms with van der Waals surface area (Å²) in [5.41, 5.74) is 34.8. The first-order valence-electron chi connectivity index (χ1n) is 28.6. The number of carboxylic acid groups (broad SMARTS) is 1. The van der Waals surface area contributed by atoms with Crippen molar-refractivity contribution in [2.24, 2.45) is 44.4 Å². The number of primary amides is 1. The lowest BCUT2D eigenvalue weighted by atomic mass is 10.0. The van der Waals surface area contributed by atoms with Gasteiger partial charge in [0.2, 0.25) is 70.9 Å². The van der Waals surface area contributed by atoms with E-state index in [-0.39, 0.29) is 93.8 Å². The van der Waals surface area contributed by atoms with Gasteiger partial charge in [-0.05, 0) is 57.1 Å². The first-order chi connectivity index (χ1) is 43.3. The van der Waals surface area contributed by atoms with Crippen LogP contribution in [0, 0.1) is 0 Å². The summed E-state index contributed by atoms with van der Waals surface area (Å²) in [5, 5.41) is 46.2. The molecule has 2 bridgehead atoms. The summed E-state index contributed by atoms with van der Waals surface area (Å²) in [6.45, 7) is -0.723. The minimum atomic E-state index is -1.94. The number of fused-ring (bicyclic) bond motifs is 10. The predicted molar refractivity (Wildman–Crippen MR) is 339 cm³/mol. The molecule has 3 saturated heterocycles. The van der Waals surface area contributed by atoms with Gasteiger partial charge < -0.3 is 108 Å². The zero-order valence-corrected chi connectivity index (χ0v) is 52.7. The maximum absolute atomic E-state index is 14.7. The number of nitrogens with zero attached hydrogens (tertiary/aromatic N) is 3. The van der Waals surface area contributed by atoms with Gasteiger partial charge in [0.25, 0.3) is 0 Å². The Morgan fingerprint density at radius 2 is 1.15 bits per heavy atom. The number of aliphatic hydroxyl groups excluding tert-OH is 1. The molecule has 11 atom stereocenters. The quantitative estimate of drug-likeness (QED) is 0.0321. The second kappa shape index (κ2) is 36.5. The Kier molecular flexibility index (Phi) is 29.5. The number of aliphatic hydroxyl groups is 1. The summed E-state index contributed by atoms with van der Waals surface area (Å²) in [5.74, 6) is -15.7. The number of para-hydroxylation sites is 1. The third kappa shape index (κ3) is 23.2. The van der Waals surface area contributed by atoms with Crippen LogP contribution in [0.5, 0.6) is 0 Å². The van der Waals surface area contributed by atoms with Gasteiger partial charge in [-0.3, -0.25) is 72.3 Å². The third-order valence-electron chi connectivity index (χ3n) is 14.2. The predicted octanol–water partition coefficient (Wildman–Crippen LogP) is -7.62. The number of nitrogens with one attached hydrogen (secondary N) is 11. The number of amides is 12. The Morgan fingerprint density at radius 1 is 0.626 bits per heavy atom. The molecule has 91 heavy (non-hydrogen) atoms. The fourth-order valence-corrected chi connectivity index (χ4v) is 14.1. The van der Waals surface area contributed by atoms with Gasteiger partial charge in [-0.25, -0.2) is 0 Å². The summed E-state index contributed by atoms with van der Waals surface area (Å²) in [6, 6.07) is -10.5. The number of aliphatic imine (C=N–C) groups is 2. The van der Waals surface area contributed by atoms with Crippen LogP contribution >= 0.6 is 43.2 Å². The van der Waals surface area contributed by atoms with Crippen molar-refractivity contribution < 1.29 is 72.5 Å². The van der Waals surface area contributed by atoms with Crippen LogP contribution in [-0.2, 0) is 68.7 Å². The Labute approximate surface area is 536 Å². The van der Waals surface area contributed by atoms with Crippen molar-refractivity contribution in [2.45, 2.75) is 125 Å². The van der Waals surface area contributed by atoms with Gasteiger partial charge in [0, 0.05) is 66.2 Å². The highest BCUT2D eigenvalue weighted by atomic mass is 33.1. The normalized spacial score (nSPS) is 26.1. The number of aromatic nitrogens is 1.